The molecule has 15 nitrogen and oxygen atoms in total. The van der Waals surface area contributed by atoms with Crippen molar-refractivity contribution in [3.05, 3.63) is 241 Å². The Morgan fingerprint density at radius 1 is 0.300 bits per heavy atom. The monoisotopic (exact) mass is 792 g/mol. The first-order valence-electron chi connectivity index (χ1n) is 17.6. The molecule has 0 aliphatic heterocycles. The summed E-state index contributed by atoms with van der Waals surface area (Å²) in [4.78, 5) is 73.9. The second-order valence-corrected chi connectivity index (χ2v) is 12.7. The van der Waals surface area contributed by atoms with Gasteiger partial charge in [0, 0.05) is 69.8 Å². The number of nitrogens with zero attached hydrogens (tertiary/aromatic N) is 6. The predicted octanol–water partition coefficient (Wildman–Crippen LogP) is 6.06. The summed E-state index contributed by atoms with van der Waals surface area (Å²) in [7, 11) is 0. The molecular formula is C45H24N6O9. The Labute approximate surface area is 338 Å². The summed E-state index contributed by atoms with van der Waals surface area (Å²) in [6, 6.07) is 35.6. The van der Waals surface area contributed by atoms with Gasteiger partial charge in [0.25, 0.3) is 17.1 Å². The quantitative estimate of drug-likeness (QED) is 0.109. The number of nitro benzene ring substituents is 3. The Balaban J connectivity index is 1.27. The molecule has 0 fully saturated rings. The van der Waals surface area contributed by atoms with Crippen LogP contribution in [0.4, 0.5) is 17.1 Å². The van der Waals surface area contributed by atoms with E-state index >= 15 is 0 Å². The van der Waals surface area contributed by atoms with Gasteiger partial charge in [-0.2, -0.15) is 0 Å². The fourth-order valence-corrected chi connectivity index (χ4v) is 5.72. The number of nitro groups is 3. The van der Waals surface area contributed by atoms with E-state index in [2.05, 4.69) is 35.5 Å². The number of benzene rings is 6. The van der Waals surface area contributed by atoms with Crippen LogP contribution in [0.2, 0.25) is 0 Å². The summed E-state index contributed by atoms with van der Waals surface area (Å²) >= 11 is 0. The molecule has 15 heteroatoms. The van der Waals surface area contributed by atoms with Crippen molar-refractivity contribution < 1.29 is 14.8 Å². The average molecular weight is 793 g/mol. The second-order valence-electron chi connectivity index (χ2n) is 12.7. The van der Waals surface area contributed by atoms with E-state index in [1.165, 1.54) is 109 Å². The Morgan fingerprint density at radius 3 is 0.633 bits per heavy atom. The van der Waals surface area contributed by atoms with Crippen molar-refractivity contribution in [1.82, 2.24) is 13.7 Å². The molecule has 0 saturated heterocycles. The highest BCUT2D eigenvalue weighted by molar-refractivity contribution is 5.51. The van der Waals surface area contributed by atoms with E-state index in [1.54, 1.807) is 36.4 Å². The predicted molar refractivity (Wildman–Crippen MR) is 220 cm³/mol. The first kappa shape index (κ1) is 38.9. The first-order valence-corrected chi connectivity index (χ1v) is 17.6. The molecule has 0 amide bonds. The van der Waals surface area contributed by atoms with Crippen LogP contribution in [0.25, 0.3) is 17.1 Å². The van der Waals surface area contributed by atoms with Crippen LogP contribution in [0, 0.1) is 65.9 Å². The smallest absolute Gasteiger partial charge is 0.258 e. The van der Waals surface area contributed by atoms with Crippen molar-refractivity contribution in [3.63, 3.8) is 0 Å². The van der Waals surface area contributed by atoms with Crippen LogP contribution < -0.4 is 17.1 Å². The number of hydrogen-bond donors (Lipinski definition) is 0. The summed E-state index contributed by atoms with van der Waals surface area (Å²) in [6.45, 7) is 0. The fourth-order valence-electron chi connectivity index (χ4n) is 5.72. The molecule has 6 aromatic carbocycles. The van der Waals surface area contributed by atoms with Crippen LogP contribution in [0.1, 0.15) is 33.4 Å². The van der Waals surface area contributed by atoms with Crippen molar-refractivity contribution in [2.24, 2.45) is 0 Å². The van der Waals surface area contributed by atoms with Crippen LogP contribution in [-0.2, 0) is 0 Å². The summed E-state index contributed by atoms with van der Waals surface area (Å²) in [5, 5.41) is 33.0. The minimum atomic E-state index is -0.957. The highest BCUT2D eigenvalue weighted by atomic mass is 16.6. The Morgan fingerprint density at radius 2 is 0.467 bits per heavy atom. The number of non-ortho nitro benzene ring substituents is 3. The van der Waals surface area contributed by atoms with Gasteiger partial charge in [-0.3, -0.25) is 30.3 Å². The molecule has 0 saturated carbocycles. The van der Waals surface area contributed by atoms with Gasteiger partial charge in [0.05, 0.1) is 31.8 Å². The van der Waals surface area contributed by atoms with E-state index in [0.717, 1.165) is 13.7 Å². The molecular weight excluding hydrogens is 769 g/mol. The third-order valence-corrected chi connectivity index (χ3v) is 8.81. The molecule has 0 atom stereocenters. The van der Waals surface area contributed by atoms with Crippen LogP contribution in [0.5, 0.6) is 0 Å². The van der Waals surface area contributed by atoms with E-state index < -0.39 is 31.8 Å². The van der Waals surface area contributed by atoms with E-state index in [-0.39, 0.29) is 34.1 Å². The maximum atomic E-state index is 14.2. The molecule has 0 bridgehead atoms. The zero-order valence-corrected chi connectivity index (χ0v) is 30.7. The van der Waals surface area contributed by atoms with Gasteiger partial charge in [0.1, 0.15) is 0 Å². The lowest BCUT2D eigenvalue weighted by atomic mass is 10.1. The third-order valence-electron chi connectivity index (χ3n) is 8.81. The summed E-state index contributed by atoms with van der Waals surface area (Å²) in [5.74, 6) is 17.6. The maximum absolute atomic E-state index is 14.2. The van der Waals surface area contributed by atoms with E-state index in [0.29, 0.717) is 33.4 Å². The Hall–Kier alpha value is -9.39. The highest BCUT2D eigenvalue weighted by Crippen LogP contribution is 2.15. The third kappa shape index (κ3) is 8.54. The van der Waals surface area contributed by atoms with Crippen LogP contribution >= 0.6 is 0 Å². The lowest BCUT2D eigenvalue weighted by Gasteiger charge is -2.14. The molecule has 1 aromatic heterocycles. The largest absolute Gasteiger partial charge is 0.345 e. The van der Waals surface area contributed by atoms with Crippen molar-refractivity contribution in [2.75, 3.05) is 0 Å². The summed E-state index contributed by atoms with van der Waals surface area (Å²) in [5.41, 5.74) is 0.414. The minimum Gasteiger partial charge on any atom is -0.258 e. The van der Waals surface area contributed by atoms with Gasteiger partial charge >= 0.3 is 17.1 Å². The van der Waals surface area contributed by atoms with Gasteiger partial charge in [-0.15, -0.1) is 0 Å². The molecule has 7 aromatic rings. The molecule has 0 aliphatic rings. The van der Waals surface area contributed by atoms with Crippen LogP contribution in [-0.4, -0.2) is 28.5 Å². The van der Waals surface area contributed by atoms with E-state index in [9.17, 15) is 44.7 Å². The SMILES string of the molecule is O=c1n(-c2ccc(C#Cc3ccc([N+](=O)[O-])cc3)cc2)c(=O)n(-c2ccc(C#Cc3ccc([N+](=O)[O-])cc3)cc2)c(=O)n1-c1ccc(C#Cc2ccc([N+](=O)[O-])cc2)cc1. The second kappa shape index (κ2) is 16.8. The fraction of sp³-hybridized carbons (Fsp3) is 0. The average Bonchev–Trinajstić information content (AvgIpc) is 3.26. The zero-order valence-electron chi connectivity index (χ0n) is 30.7. The normalized spacial score (nSPS) is 10.2. The first-order chi connectivity index (χ1) is 28.9. The summed E-state index contributed by atoms with van der Waals surface area (Å²) < 4.78 is 2.54. The van der Waals surface area contributed by atoms with E-state index in [4.69, 9.17) is 0 Å². The topological polar surface area (TPSA) is 195 Å². The molecule has 7 rings (SSSR count). The van der Waals surface area contributed by atoms with Crippen LogP contribution in [0.15, 0.2) is 160 Å². The standard InChI is InChI=1S/C45H24N6O9/c52-43-46(37-19-7-31(8-20-37)1-4-34-13-25-40(26-14-34)49(55)56)44(53)48(39-23-11-33(12-24-39)3-6-36-17-29-42(30-18-36)51(59)60)45(54)47(43)38-21-9-32(10-22-38)2-5-35-15-27-41(28-16-35)50(57)58/h7-30H. The van der Waals surface area contributed by atoms with E-state index in [1.807, 2.05) is 0 Å². The van der Waals surface area contributed by atoms with Gasteiger partial charge in [0.2, 0.25) is 0 Å². The molecule has 0 aliphatic carbocycles. The molecule has 0 unspecified atom stereocenters. The Kier molecular flexibility index (Phi) is 10.9. The number of hydrogen-bond acceptors (Lipinski definition) is 9. The van der Waals surface area contributed by atoms with Gasteiger partial charge in [-0.05, 0) is 109 Å². The molecule has 1 heterocycles. The van der Waals surface area contributed by atoms with Crippen molar-refractivity contribution in [3.8, 4) is 52.6 Å². The molecule has 60 heavy (non-hydrogen) atoms. The molecule has 0 N–H and O–H groups in total. The van der Waals surface area contributed by atoms with Gasteiger partial charge in [-0.1, -0.05) is 35.5 Å². The van der Waals surface area contributed by atoms with Gasteiger partial charge in [-0.25, -0.2) is 28.1 Å². The number of aromatic nitrogens is 3. The lowest BCUT2D eigenvalue weighted by Crippen LogP contribution is -2.52. The minimum absolute atomic E-state index is 0.0732. The molecule has 0 radical (unpaired) electrons. The number of rotatable bonds is 6. The highest BCUT2D eigenvalue weighted by Gasteiger charge is 2.19. The van der Waals surface area contributed by atoms with Crippen LogP contribution in [0.3, 0.4) is 0 Å². The van der Waals surface area contributed by atoms with Crippen molar-refractivity contribution >= 4 is 17.1 Å². The molecule has 288 valence electrons. The Bertz CT molecular complexity index is 2830. The van der Waals surface area contributed by atoms with Crippen molar-refractivity contribution in [1.29, 1.82) is 0 Å². The van der Waals surface area contributed by atoms with Crippen molar-refractivity contribution in [2.45, 2.75) is 0 Å². The lowest BCUT2D eigenvalue weighted by molar-refractivity contribution is -0.385. The molecule has 0 spiro atoms. The zero-order chi connectivity index (χ0) is 42.3. The van der Waals surface area contributed by atoms with Gasteiger partial charge < -0.3 is 0 Å². The maximum Gasteiger partial charge on any atom is 0.345 e. The van der Waals surface area contributed by atoms with Gasteiger partial charge in [0.15, 0.2) is 0 Å². The summed E-state index contributed by atoms with van der Waals surface area (Å²) in [6.07, 6.45) is 0.